The first-order valence-corrected chi connectivity index (χ1v) is 7.81. The second kappa shape index (κ2) is 8.59. The number of hydrogen-bond acceptors (Lipinski definition) is 3. The van der Waals surface area contributed by atoms with Crippen LogP contribution in [0.2, 0.25) is 0 Å². The van der Waals surface area contributed by atoms with Crippen molar-refractivity contribution in [3.63, 3.8) is 0 Å². The van der Waals surface area contributed by atoms with Gasteiger partial charge in [-0.25, -0.2) is 0 Å². The number of carbonyl (C=O) groups is 2. The molecule has 3 N–H and O–H groups in total. The first-order valence-electron chi connectivity index (χ1n) is 7.81. The van der Waals surface area contributed by atoms with Crippen LogP contribution in [0.1, 0.15) is 11.1 Å². The number of hydrogen-bond donors (Lipinski definition) is 2. The summed E-state index contributed by atoms with van der Waals surface area (Å²) in [7, 11) is 1.51. The number of nitrogens with two attached hydrogens (primary N) is 1. The third-order valence-electron chi connectivity index (χ3n) is 3.90. The van der Waals surface area contributed by atoms with Crippen molar-refractivity contribution in [3.05, 3.63) is 77.4 Å². The Hall–Kier alpha value is -3.21. The van der Waals surface area contributed by atoms with Gasteiger partial charge in [0.15, 0.2) is 0 Å². The predicted octanol–water partition coefficient (Wildman–Crippen LogP) is 1.64. The van der Waals surface area contributed by atoms with Crippen LogP contribution in [0, 0.1) is 5.92 Å². The zero-order valence-electron chi connectivity index (χ0n) is 13.9. The van der Waals surface area contributed by atoms with Gasteiger partial charge in [0.05, 0.1) is 11.5 Å². The monoisotopic (exact) mass is 335 g/mol. The maximum atomic E-state index is 12.5. The van der Waals surface area contributed by atoms with Crippen molar-refractivity contribution in [1.29, 1.82) is 0 Å². The third-order valence-corrected chi connectivity index (χ3v) is 3.90. The van der Waals surface area contributed by atoms with E-state index in [1.165, 1.54) is 7.05 Å². The summed E-state index contributed by atoms with van der Waals surface area (Å²) in [5, 5.41) is 2.60. The summed E-state index contributed by atoms with van der Waals surface area (Å²) >= 11 is 0. The molecule has 0 saturated carbocycles. The van der Waals surface area contributed by atoms with Crippen LogP contribution in [0.25, 0.3) is 5.57 Å². The second-order valence-electron chi connectivity index (χ2n) is 5.48. The molecule has 0 aliphatic carbocycles. The van der Waals surface area contributed by atoms with Gasteiger partial charge in [-0.2, -0.15) is 0 Å². The lowest BCUT2D eigenvalue weighted by Crippen LogP contribution is -2.32. The van der Waals surface area contributed by atoms with Gasteiger partial charge in [-0.05, 0) is 23.1 Å². The second-order valence-corrected chi connectivity index (χ2v) is 5.48. The van der Waals surface area contributed by atoms with E-state index in [-0.39, 0.29) is 17.1 Å². The number of rotatable bonds is 7. The zero-order chi connectivity index (χ0) is 18.2. The van der Waals surface area contributed by atoms with Gasteiger partial charge in [0.25, 0.3) is 5.91 Å². The van der Waals surface area contributed by atoms with E-state index < -0.39 is 11.8 Å². The molecular formula is C20H19N2O3. The van der Waals surface area contributed by atoms with Crippen molar-refractivity contribution < 1.29 is 14.4 Å². The van der Waals surface area contributed by atoms with Gasteiger partial charge < -0.3 is 11.1 Å². The molecule has 2 amide bonds. The van der Waals surface area contributed by atoms with E-state index in [0.29, 0.717) is 12.0 Å². The van der Waals surface area contributed by atoms with Gasteiger partial charge in [0.1, 0.15) is 0 Å². The van der Waals surface area contributed by atoms with Crippen molar-refractivity contribution in [1.82, 2.24) is 5.32 Å². The summed E-state index contributed by atoms with van der Waals surface area (Å²) in [5.74, 6) is -1.97. The van der Waals surface area contributed by atoms with E-state index in [1.54, 1.807) is 30.6 Å². The lowest BCUT2D eigenvalue weighted by molar-refractivity contribution is -0.122. The van der Waals surface area contributed by atoms with E-state index in [0.717, 1.165) is 5.56 Å². The van der Waals surface area contributed by atoms with Crippen molar-refractivity contribution >= 4 is 23.7 Å². The highest BCUT2D eigenvalue weighted by molar-refractivity contribution is 6.18. The molecule has 0 spiro atoms. The fourth-order valence-electron chi connectivity index (χ4n) is 2.73. The summed E-state index contributed by atoms with van der Waals surface area (Å²) in [6.07, 6.45) is 1.94. The highest BCUT2D eigenvalue weighted by atomic mass is 16.2. The summed E-state index contributed by atoms with van der Waals surface area (Å²) in [4.78, 5) is 35.7. The average molecular weight is 335 g/mol. The highest BCUT2D eigenvalue weighted by Crippen LogP contribution is 2.30. The number of amides is 2. The first-order chi connectivity index (χ1) is 12.1. The molecule has 5 nitrogen and oxygen atoms in total. The van der Waals surface area contributed by atoms with E-state index in [9.17, 15) is 14.4 Å². The molecule has 1 unspecified atom stereocenters. The summed E-state index contributed by atoms with van der Waals surface area (Å²) < 4.78 is 0. The number of primary amides is 1. The fourth-order valence-corrected chi connectivity index (χ4v) is 2.73. The van der Waals surface area contributed by atoms with Crippen LogP contribution >= 0.6 is 0 Å². The molecule has 0 bridgehead atoms. The standard InChI is InChI=1S/C20H19N2O3/c1-22-20(25)16(12-14-8-4-2-5-9-14)18(17(13-23)19(21)24)15-10-6-3-7-11-15/h2-11,16H,12H2,1H3,(H2,21,24)(H,22,25). The molecule has 1 atom stereocenters. The van der Waals surface area contributed by atoms with Crippen LogP contribution < -0.4 is 11.1 Å². The van der Waals surface area contributed by atoms with Gasteiger partial charge in [-0.3, -0.25) is 14.4 Å². The molecule has 0 fully saturated rings. The lowest BCUT2D eigenvalue weighted by Gasteiger charge is -2.21. The fraction of sp³-hybridized carbons (Fsp3) is 0.150. The molecule has 0 aliphatic rings. The topological polar surface area (TPSA) is 89.3 Å². The number of benzene rings is 2. The molecular weight excluding hydrogens is 316 g/mol. The lowest BCUT2D eigenvalue weighted by atomic mass is 9.83. The van der Waals surface area contributed by atoms with Crippen molar-refractivity contribution in [2.45, 2.75) is 6.42 Å². The highest BCUT2D eigenvalue weighted by Gasteiger charge is 2.28. The number of carbonyl (C=O) groups excluding carboxylic acids is 3. The van der Waals surface area contributed by atoms with E-state index >= 15 is 0 Å². The van der Waals surface area contributed by atoms with Crippen LogP contribution in [-0.2, 0) is 20.8 Å². The molecule has 2 aromatic carbocycles. The SMILES string of the molecule is CNC(=O)C(Cc1ccccc1)C(=C([C]=O)C(N)=O)c1ccccc1. The molecule has 127 valence electrons. The summed E-state index contributed by atoms with van der Waals surface area (Å²) in [6, 6.07) is 18.2. The largest absolute Gasteiger partial charge is 0.365 e. The van der Waals surface area contributed by atoms with Gasteiger partial charge in [-0.1, -0.05) is 60.7 Å². The quantitative estimate of drug-likeness (QED) is 0.458. The van der Waals surface area contributed by atoms with Gasteiger partial charge >= 0.3 is 0 Å². The van der Waals surface area contributed by atoms with Crippen molar-refractivity contribution in [3.8, 4) is 0 Å². The maximum absolute atomic E-state index is 12.5. The van der Waals surface area contributed by atoms with Crippen LogP contribution in [0.5, 0.6) is 0 Å². The normalized spacial score (nSPS) is 12.7. The molecule has 0 aromatic heterocycles. The zero-order valence-corrected chi connectivity index (χ0v) is 13.9. The Morgan fingerprint density at radius 2 is 1.60 bits per heavy atom. The van der Waals surface area contributed by atoms with Gasteiger partial charge in [0, 0.05) is 7.05 Å². The third kappa shape index (κ3) is 4.41. The molecule has 0 saturated heterocycles. The molecule has 25 heavy (non-hydrogen) atoms. The Balaban J connectivity index is 2.63. The van der Waals surface area contributed by atoms with E-state index in [4.69, 9.17) is 5.73 Å². The minimum absolute atomic E-state index is 0.284. The Morgan fingerprint density at radius 3 is 2.08 bits per heavy atom. The molecule has 1 radical (unpaired) electrons. The van der Waals surface area contributed by atoms with Gasteiger partial charge in [0.2, 0.25) is 12.2 Å². The summed E-state index contributed by atoms with van der Waals surface area (Å²) in [5.41, 5.74) is 6.83. The smallest absolute Gasteiger partial charge is 0.253 e. The molecule has 2 aromatic rings. The Morgan fingerprint density at radius 1 is 1.04 bits per heavy atom. The number of nitrogens with one attached hydrogen (secondary N) is 1. The van der Waals surface area contributed by atoms with E-state index in [1.807, 2.05) is 36.4 Å². The van der Waals surface area contributed by atoms with Crippen LogP contribution in [-0.4, -0.2) is 25.1 Å². The molecule has 5 heteroatoms. The Labute approximate surface area is 146 Å². The first kappa shape index (κ1) is 18.1. The average Bonchev–Trinajstić information content (AvgIpc) is 2.65. The van der Waals surface area contributed by atoms with Crippen LogP contribution in [0.3, 0.4) is 0 Å². The molecule has 0 aliphatic heterocycles. The Kier molecular flexibility index (Phi) is 6.23. The minimum atomic E-state index is -0.907. The Bertz CT molecular complexity index is 783. The maximum Gasteiger partial charge on any atom is 0.253 e. The van der Waals surface area contributed by atoms with Crippen LogP contribution in [0.15, 0.2) is 66.2 Å². The summed E-state index contributed by atoms with van der Waals surface area (Å²) in [6.45, 7) is 0. The van der Waals surface area contributed by atoms with Crippen molar-refractivity contribution in [2.75, 3.05) is 7.05 Å². The predicted molar refractivity (Wildman–Crippen MR) is 96.0 cm³/mol. The molecule has 2 rings (SSSR count). The minimum Gasteiger partial charge on any atom is -0.365 e. The molecule has 0 heterocycles. The van der Waals surface area contributed by atoms with E-state index in [2.05, 4.69) is 5.32 Å². The van der Waals surface area contributed by atoms with Crippen LogP contribution in [0.4, 0.5) is 0 Å². The van der Waals surface area contributed by atoms with Gasteiger partial charge in [-0.15, -0.1) is 0 Å². The van der Waals surface area contributed by atoms with Crippen molar-refractivity contribution in [2.24, 2.45) is 11.7 Å².